The van der Waals surface area contributed by atoms with E-state index in [-0.39, 0.29) is 5.91 Å². The molecule has 0 radical (unpaired) electrons. The maximum absolute atomic E-state index is 11.6. The summed E-state index contributed by atoms with van der Waals surface area (Å²) >= 11 is 0. The monoisotopic (exact) mass is 232 g/mol. The Morgan fingerprint density at radius 1 is 1.47 bits per heavy atom. The number of benzene rings is 1. The molecule has 0 fully saturated rings. The van der Waals surface area contributed by atoms with Gasteiger partial charge in [0, 0.05) is 31.4 Å². The summed E-state index contributed by atoms with van der Waals surface area (Å²) in [6, 6.07) is 6.19. The molecule has 1 amide bonds. The first-order chi connectivity index (χ1) is 8.20. The highest BCUT2D eigenvalue weighted by atomic mass is 16.1. The number of hydrogen-bond acceptors (Lipinski definition) is 2. The van der Waals surface area contributed by atoms with Gasteiger partial charge in [-0.15, -0.1) is 0 Å². The quantitative estimate of drug-likeness (QED) is 0.865. The topological polar surface area (TPSA) is 32.3 Å². The molecule has 1 aromatic rings. The molecule has 1 aliphatic heterocycles. The van der Waals surface area contributed by atoms with Crippen LogP contribution in [0.25, 0.3) is 0 Å². The van der Waals surface area contributed by atoms with Crippen LogP contribution in [0.5, 0.6) is 0 Å². The number of fused-ring (bicyclic) bond motifs is 1. The molecule has 0 aliphatic carbocycles. The van der Waals surface area contributed by atoms with E-state index in [0.29, 0.717) is 6.42 Å². The van der Waals surface area contributed by atoms with E-state index >= 15 is 0 Å². The third-order valence-electron chi connectivity index (χ3n) is 3.25. The van der Waals surface area contributed by atoms with E-state index in [9.17, 15) is 4.79 Å². The predicted molar refractivity (Wildman–Crippen MR) is 71.6 cm³/mol. The molecule has 1 N–H and O–H groups in total. The van der Waals surface area contributed by atoms with Crippen LogP contribution >= 0.6 is 0 Å². The molecule has 0 spiro atoms. The van der Waals surface area contributed by atoms with Gasteiger partial charge in [-0.25, -0.2) is 0 Å². The Bertz CT molecular complexity index is 415. The number of likely N-dealkylation sites (N-methyl/N-ethyl adjacent to an activating group) is 1. The van der Waals surface area contributed by atoms with Crippen molar-refractivity contribution in [2.24, 2.45) is 0 Å². The zero-order valence-corrected chi connectivity index (χ0v) is 10.6. The lowest BCUT2D eigenvalue weighted by molar-refractivity contribution is -0.116. The van der Waals surface area contributed by atoms with Gasteiger partial charge in [-0.3, -0.25) is 4.79 Å². The number of rotatable bonds is 4. The minimum atomic E-state index is 0.123. The third kappa shape index (κ3) is 2.78. The van der Waals surface area contributed by atoms with Crippen molar-refractivity contribution >= 4 is 17.3 Å². The molecular formula is C14H20N2O. The van der Waals surface area contributed by atoms with Gasteiger partial charge >= 0.3 is 0 Å². The molecule has 0 saturated heterocycles. The van der Waals surface area contributed by atoms with Crippen LogP contribution in [0.15, 0.2) is 18.2 Å². The number of carbonyl (C=O) groups excluding carboxylic acids is 1. The lowest BCUT2D eigenvalue weighted by atomic mass is 10.1. The first-order valence-corrected chi connectivity index (χ1v) is 6.34. The molecule has 3 heteroatoms. The first-order valence-electron chi connectivity index (χ1n) is 6.34. The second-order valence-corrected chi connectivity index (χ2v) is 4.67. The minimum absolute atomic E-state index is 0.123. The molecular weight excluding hydrogens is 212 g/mol. The number of nitrogens with zero attached hydrogens (tertiary/aromatic N) is 1. The Balaban J connectivity index is 2.01. The fourth-order valence-electron chi connectivity index (χ4n) is 2.21. The van der Waals surface area contributed by atoms with Gasteiger partial charge in [0.05, 0.1) is 0 Å². The zero-order chi connectivity index (χ0) is 12.3. The number of anilines is 2. The highest BCUT2D eigenvalue weighted by Gasteiger charge is 2.15. The summed E-state index contributed by atoms with van der Waals surface area (Å²) in [6.45, 7) is 3.17. The molecule has 0 atom stereocenters. The molecule has 0 aromatic heterocycles. The molecule has 17 heavy (non-hydrogen) atoms. The average molecular weight is 232 g/mol. The number of unbranched alkanes of at least 4 members (excludes halogenated alkanes) is 1. The lowest BCUT2D eigenvalue weighted by Crippen LogP contribution is -2.12. The van der Waals surface area contributed by atoms with Crippen molar-refractivity contribution in [3.63, 3.8) is 0 Å². The Morgan fingerprint density at radius 3 is 3.06 bits per heavy atom. The van der Waals surface area contributed by atoms with E-state index < -0.39 is 0 Å². The van der Waals surface area contributed by atoms with Crippen molar-refractivity contribution < 1.29 is 4.79 Å². The zero-order valence-electron chi connectivity index (χ0n) is 10.6. The fraction of sp³-hybridized carbons (Fsp3) is 0.500. The third-order valence-corrected chi connectivity index (χ3v) is 3.25. The molecule has 2 rings (SSSR count). The van der Waals surface area contributed by atoms with Crippen LogP contribution in [0.1, 0.15) is 31.7 Å². The van der Waals surface area contributed by atoms with Crippen LogP contribution < -0.4 is 10.2 Å². The Labute approximate surface area is 103 Å². The second-order valence-electron chi connectivity index (χ2n) is 4.67. The van der Waals surface area contributed by atoms with E-state index in [1.54, 1.807) is 0 Å². The normalized spacial score (nSPS) is 13.6. The average Bonchev–Trinajstić information content (AvgIpc) is 2.68. The molecule has 92 valence electrons. The summed E-state index contributed by atoms with van der Waals surface area (Å²) in [5, 5.41) is 2.96. The van der Waals surface area contributed by atoms with Gasteiger partial charge in [0.2, 0.25) is 5.91 Å². The molecule has 0 saturated carbocycles. The highest BCUT2D eigenvalue weighted by Crippen LogP contribution is 2.29. The molecule has 0 bridgehead atoms. The van der Waals surface area contributed by atoms with Crippen molar-refractivity contribution in [3.8, 4) is 0 Å². The SMILES string of the molecule is CCCCC(=O)Nc1ccc2c(c1)CCN2C. The number of hydrogen-bond donors (Lipinski definition) is 1. The van der Waals surface area contributed by atoms with Crippen molar-refractivity contribution in [2.45, 2.75) is 32.6 Å². The minimum Gasteiger partial charge on any atom is -0.374 e. The molecule has 1 heterocycles. The van der Waals surface area contributed by atoms with E-state index in [4.69, 9.17) is 0 Å². The second kappa shape index (κ2) is 5.21. The summed E-state index contributed by atoms with van der Waals surface area (Å²) in [7, 11) is 2.10. The van der Waals surface area contributed by atoms with Gasteiger partial charge in [-0.05, 0) is 36.6 Å². The van der Waals surface area contributed by atoms with Gasteiger partial charge < -0.3 is 10.2 Å². The molecule has 3 nitrogen and oxygen atoms in total. The van der Waals surface area contributed by atoms with E-state index in [0.717, 1.165) is 31.5 Å². The smallest absolute Gasteiger partial charge is 0.224 e. The van der Waals surface area contributed by atoms with Gasteiger partial charge in [0.15, 0.2) is 0 Å². The van der Waals surface area contributed by atoms with Crippen LogP contribution in [0, 0.1) is 0 Å². The van der Waals surface area contributed by atoms with Gasteiger partial charge in [-0.1, -0.05) is 13.3 Å². The largest absolute Gasteiger partial charge is 0.374 e. The van der Waals surface area contributed by atoms with Gasteiger partial charge in [0.1, 0.15) is 0 Å². The number of amides is 1. The van der Waals surface area contributed by atoms with Crippen LogP contribution in [0.2, 0.25) is 0 Å². The fourth-order valence-corrected chi connectivity index (χ4v) is 2.21. The maximum atomic E-state index is 11.6. The Kier molecular flexibility index (Phi) is 3.67. The van der Waals surface area contributed by atoms with Gasteiger partial charge in [-0.2, -0.15) is 0 Å². The van der Waals surface area contributed by atoms with E-state index in [2.05, 4.69) is 36.3 Å². The standard InChI is InChI=1S/C14H20N2O/c1-3-4-5-14(17)15-12-6-7-13-11(10-12)8-9-16(13)2/h6-7,10H,3-5,8-9H2,1-2H3,(H,15,17). The van der Waals surface area contributed by atoms with Crippen molar-refractivity contribution in [2.75, 3.05) is 23.8 Å². The molecule has 0 unspecified atom stereocenters. The van der Waals surface area contributed by atoms with Crippen molar-refractivity contribution in [3.05, 3.63) is 23.8 Å². The van der Waals surface area contributed by atoms with Crippen LogP contribution in [-0.4, -0.2) is 19.5 Å². The summed E-state index contributed by atoms with van der Waals surface area (Å²) in [6.07, 6.45) is 3.71. The maximum Gasteiger partial charge on any atom is 0.224 e. The Morgan fingerprint density at radius 2 is 2.29 bits per heavy atom. The van der Waals surface area contributed by atoms with Crippen LogP contribution in [0.3, 0.4) is 0 Å². The summed E-state index contributed by atoms with van der Waals surface area (Å²) in [5.41, 5.74) is 3.55. The van der Waals surface area contributed by atoms with Crippen LogP contribution in [0.4, 0.5) is 11.4 Å². The predicted octanol–water partition coefficient (Wildman–Crippen LogP) is 2.81. The van der Waals surface area contributed by atoms with Crippen molar-refractivity contribution in [1.29, 1.82) is 0 Å². The molecule has 1 aliphatic rings. The Hall–Kier alpha value is -1.51. The van der Waals surface area contributed by atoms with E-state index in [1.165, 1.54) is 11.3 Å². The van der Waals surface area contributed by atoms with Gasteiger partial charge in [0.25, 0.3) is 0 Å². The number of carbonyl (C=O) groups is 1. The lowest BCUT2D eigenvalue weighted by Gasteiger charge is -2.12. The number of nitrogens with one attached hydrogen (secondary N) is 1. The highest BCUT2D eigenvalue weighted by molar-refractivity contribution is 5.91. The molecule has 1 aromatic carbocycles. The first kappa shape index (κ1) is 12.0. The summed E-state index contributed by atoms with van der Waals surface area (Å²) in [5.74, 6) is 0.123. The van der Waals surface area contributed by atoms with Crippen LogP contribution in [-0.2, 0) is 11.2 Å². The van der Waals surface area contributed by atoms with E-state index in [1.807, 2.05) is 6.07 Å². The summed E-state index contributed by atoms with van der Waals surface area (Å²) < 4.78 is 0. The van der Waals surface area contributed by atoms with Crippen molar-refractivity contribution in [1.82, 2.24) is 0 Å². The summed E-state index contributed by atoms with van der Waals surface area (Å²) in [4.78, 5) is 13.9.